The number of ether oxygens (including phenoxy) is 2. The van der Waals surface area contributed by atoms with Crippen LogP contribution >= 0.6 is 24.0 Å². The molecule has 30 heavy (non-hydrogen) atoms. The Morgan fingerprint density at radius 2 is 2.10 bits per heavy atom. The van der Waals surface area contributed by atoms with E-state index in [1.807, 2.05) is 31.3 Å². The molecule has 2 aliphatic rings. The Morgan fingerprint density at radius 1 is 1.23 bits per heavy atom. The highest BCUT2D eigenvalue weighted by atomic mass is 127. The van der Waals surface area contributed by atoms with Crippen molar-refractivity contribution in [3.05, 3.63) is 53.2 Å². The summed E-state index contributed by atoms with van der Waals surface area (Å²) < 4.78 is 11.6. The van der Waals surface area contributed by atoms with Gasteiger partial charge in [-0.15, -0.1) is 24.0 Å². The van der Waals surface area contributed by atoms with Gasteiger partial charge in [0.2, 0.25) is 5.88 Å². The van der Waals surface area contributed by atoms with E-state index < -0.39 is 0 Å². The Kier molecular flexibility index (Phi) is 7.57. The van der Waals surface area contributed by atoms with Gasteiger partial charge in [-0.25, -0.2) is 4.98 Å². The third-order valence-electron chi connectivity index (χ3n) is 6.09. The summed E-state index contributed by atoms with van der Waals surface area (Å²) in [6.07, 6.45) is 4.12. The van der Waals surface area contributed by atoms with E-state index in [-0.39, 0.29) is 24.0 Å². The number of guanidine groups is 1. The van der Waals surface area contributed by atoms with Gasteiger partial charge in [-0.2, -0.15) is 0 Å². The second kappa shape index (κ2) is 9.96. The van der Waals surface area contributed by atoms with Crippen LogP contribution < -0.4 is 10.1 Å². The molecule has 1 aromatic heterocycles. The van der Waals surface area contributed by atoms with Crippen LogP contribution in [0, 0.1) is 19.3 Å². The molecule has 0 radical (unpaired) electrons. The molecule has 3 heterocycles. The molecule has 2 aromatic rings. The lowest BCUT2D eigenvalue weighted by Crippen LogP contribution is -2.41. The Bertz CT molecular complexity index is 897. The van der Waals surface area contributed by atoms with Gasteiger partial charge in [-0.1, -0.05) is 6.07 Å². The minimum absolute atomic E-state index is 0. The van der Waals surface area contributed by atoms with E-state index in [2.05, 4.69) is 40.1 Å². The molecule has 6 nitrogen and oxygen atoms in total. The first-order valence-electron chi connectivity index (χ1n) is 10.3. The monoisotopic (exact) mass is 522 g/mol. The highest BCUT2D eigenvalue weighted by Gasteiger charge is 2.42. The van der Waals surface area contributed by atoms with Crippen LogP contribution in [-0.4, -0.2) is 49.2 Å². The van der Waals surface area contributed by atoms with Gasteiger partial charge in [-0.05, 0) is 61.6 Å². The van der Waals surface area contributed by atoms with Gasteiger partial charge in [0.25, 0.3) is 0 Å². The summed E-state index contributed by atoms with van der Waals surface area (Å²) in [4.78, 5) is 11.2. The smallest absolute Gasteiger partial charge is 0.219 e. The van der Waals surface area contributed by atoms with Crippen molar-refractivity contribution in [1.82, 2.24) is 15.2 Å². The van der Waals surface area contributed by atoms with E-state index in [9.17, 15) is 0 Å². The fraction of sp³-hybridized carbons (Fsp3) is 0.478. The molecule has 0 amide bonds. The van der Waals surface area contributed by atoms with Gasteiger partial charge in [0, 0.05) is 51.0 Å². The molecule has 0 bridgehead atoms. The molecule has 4 rings (SSSR count). The van der Waals surface area contributed by atoms with Gasteiger partial charge >= 0.3 is 0 Å². The number of hydrogen-bond acceptors (Lipinski definition) is 4. The van der Waals surface area contributed by atoms with E-state index in [4.69, 9.17) is 9.47 Å². The minimum Gasteiger partial charge on any atom is -0.439 e. The average molecular weight is 522 g/mol. The van der Waals surface area contributed by atoms with Crippen LogP contribution in [0.5, 0.6) is 11.6 Å². The molecule has 2 aliphatic heterocycles. The molecule has 1 spiro atoms. The zero-order valence-corrected chi connectivity index (χ0v) is 20.3. The Balaban J connectivity index is 0.00000256. The van der Waals surface area contributed by atoms with E-state index >= 15 is 0 Å². The average Bonchev–Trinajstić information content (AvgIpc) is 3.36. The number of nitrogens with zero attached hydrogens (tertiary/aromatic N) is 3. The van der Waals surface area contributed by atoms with Crippen LogP contribution in [-0.2, 0) is 11.3 Å². The van der Waals surface area contributed by atoms with Crippen LogP contribution in [0.2, 0.25) is 0 Å². The quantitative estimate of drug-likeness (QED) is 0.369. The highest BCUT2D eigenvalue weighted by Crippen LogP contribution is 2.38. The second-order valence-electron chi connectivity index (χ2n) is 8.23. The number of aryl methyl sites for hydroxylation is 2. The summed E-state index contributed by atoms with van der Waals surface area (Å²) in [5, 5.41) is 3.49. The first-order valence-corrected chi connectivity index (χ1v) is 10.3. The van der Waals surface area contributed by atoms with Crippen LogP contribution in [0.25, 0.3) is 0 Å². The van der Waals surface area contributed by atoms with Crippen molar-refractivity contribution < 1.29 is 9.47 Å². The molecular weight excluding hydrogens is 491 g/mol. The highest BCUT2D eigenvalue weighted by molar-refractivity contribution is 14.0. The standard InChI is InChI=1S/C23H30N4O2.HI/c1-17-4-5-20(12-18(17)2)29-21-13-19(6-9-25-21)14-26-22(24-3)27-10-7-23(15-27)8-11-28-16-23;/h4-6,9,12-13H,7-8,10-11,14-16H2,1-3H3,(H,24,26);1H. The summed E-state index contributed by atoms with van der Waals surface area (Å²) >= 11 is 0. The van der Waals surface area contributed by atoms with Crippen molar-refractivity contribution in [1.29, 1.82) is 0 Å². The number of hydrogen-bond donors (Lipinski definition) is 1. The minimum atomic E-state index is 0. The van der Waals surface area contributed by atoms with Crippen LogP contribution in [0.3, 0.4) is 0 Å². The number of pyridine rings is 1. The molecule has 162 valence electrons. The zero-order chi connectivity index (χ0) is 20.3. The molecule has 7 heteroatoms. The second-order valence-corrected chi connectivity index (χ2v) is 8.23. The summed E-state index contributed by atoms with van der Waals surface area (Å²) in [6.45, 7) is 8.67. The molecule has 1 aromatic carbocycles. The molecule has 2 fully saturated rings. The fourth-order valence-electron chi connectivity index (χ4n) is 4.12. The van der Waals surface area contributed by atoms with Crippen molar-refractivity contribution in [3.8, 4) is 11.6 Å². The Morgan fingerprint density at radius 3 is 2.83 bits per heavy atom. The van der Waals surface area contributed by atoms with Gasteiger partial charge < -0.3 is 19.7 Å². The van der Waals surface area contributed by atoms with E-state index in [1.165, 1.54) is 17.5 Å². The summed E-state index contributed by atoms with van der Waals surface area (Å²) in [7, 11) is 1.85. The van der Waals surface area contributed by atoms with Crippen molar-refractivity contribution in [2.75, 3.05) is 33.4 Å². The number of rotatable bonds is 4. The fourth-order valence-corrected chi connectivity index (χ4v) is 4.12. The summed E-state index contributed by atoms with van der Waals surface area (Å²) in [6, 6.07) is 10.1. The lowest BCUT2D eigenvalue weighted by molar-refractivity contribution is 0.156. The third kappa shape index (κ3) is 5.24. The van der Waals surface area contributed by atoms with Crippen molar-refractivity contribution in [3.63, 3.8) is 0 Å². The normalized spacial score (nSPS) is 21.0. The molecule has 0 aliphatic carbocycles. The largest absolute Gasteiger partial charge is 0.439 e. The van der Waals surface area contributed by atoms with E-state index in [1.54, 1.807) is 6.20 Å². The van der Waals surface area contributed by atoms with Gasteiger partial charge in [0.05, 0.1) is 6.61 Å². The third-order valence-corrected chi connectivity index (χ3v) is 6.09. The Labute approximate surface area is 196 Å². The number of aromatic nitrogens is 1. The molecular formula is C23H31IN4O2. The van der Waals surface area contributed by atoms with Gasteiger partial charge in [0.1, 0.15) is 5.75 Å². The number of benzene rings is 1. The number of aliphatic imine (C=N–C) groups is 1. The van der Waals surface area contributed by atoms with Crippen molar-refractivity contribution >= 4 is 29.9 Å². The Hall–Kier alpha value is -1.87. The van der Waals surface area contributed by atoms with Gasteiger partial charge in [-0.3, -0.25) is 4.99 Å². The van der Waals surface area contributed by atoms with Gasteiger partial charge in [0.15, 0.2) is 5.96 Å². The molecule has 1 unspecified atom stereocenters. The number of nitrogens with one attached hydrogen (secondary N) is 1. The summed E-state index contributed by atoms with van der Waals surface area (Å²) in [5.41, 5.74) is 3.89. The van der Waals surface area contributed by atoms with Crippen LogP contribution in [0.1, 0.15) is 29.5 Å². The molecule has 1 atom stereocenters. The maximum Gasteiger partial charge on any atom is 0.219 e. The molecule has 1 N–H and O–H groups in total. The number of halogens is 1. The predicted molar refractivity (Wildman–Crippen MR) is 130 cm³/mol. The number of likely N-dealkylation sites (tertiary alicyclic amines) is 1. The van der Waals surface area contributed by atoms with E-state index in [0.29, 0.717) is 17.8 Å². The van der Waals surface area contributed by atoms with Crippen molar-refractivity contribution in [2.24, 2.45) is 10.4 Å². The summed E-state index contributed by atoms with van der Waals surface area (Å²) in [5.74, 6) is 2.36. The molecule has 0 saturated carbocycles. The topological polar surface area (TPSA) is 59.0 Å². The first kappa shape index (κ1) is 22.8. The lowest BCUT2D eigenvalue weighted by atomic mass is 9.87. The van der Waals surface area contributed by atoms with Crippen LogP contribution in [0.4, 0.5) is 0 Å². The van der Waals surface area contributed by atoms with E-state index in [0.717, 1.165) is 50.0 Å². The van der Waals surface area contributed by atoms with Crippen LogP contribution in [0.15, 0.2) is 41.5 Å². The first-order chi connectivity index (χ1) is 14.1. The predicted octanol–water partition coefficient (Wildman–Crippen LogP) is 4.30. The maximum absolute atomic E-state index is 5.96. The lowest BCUT2D eigenvalue weighted by Gasteiger charge is -2.25. The molecule has 2 saturated heterocycles. The van der Waals surface area contributed by atoms with Crippen molar-refractivity contribution in [2.45, 2.75) is 33.2 Å². The zero-order valence-electron chi connectivity index (χ0n) is 18.0. The SMILES string of the molecule is CN=C(NCc1ccnc(Oc2ccc(C)c(C)c2)c1)N1CCC2(CCOC2)C1.I. The maximum atomic E-state index is 5.96.